The van der Waals surface area contributed by atoms with Crippen molar-refractivity contribution in [1.29, 1.82) is 10.8 Å². The predicted molar refractivity (Wildman–Crippen MR) is 189 cm³/mol. The van der Waals surface area contributed by atoms with Crippen LogP contribution < -0.4 is 98.9 Å². The van der Waals surface area contributed by atoms with Crippen LogP contribution >= 0.6 is 0 Å². The summed E-state index contributed by atoms with van der Waals surface area (Å²) in [5.74, 6) is -1.40. The zero-order valence-corrected chi connectivity index (χ0v) is 38.7. The van der Waals surface area contributed by atoms with Gasteiger partial charge in [0, 0.05) is 40.3 Å². The Morgan fingerprint density at radius 2 is 0.966 bits per heavy atom. The Balaban J connectivity index is 0.000000543. The van der Waals surface area contributed by atoms with E-state index in [2.05, 4.69) is 20.5 Å². The van der Waals surface area contributed by atoms with Crippen LogP contribution in [0.15, 0.2) is 151 Å². The topological polar surface area (TPSA) is 350 Å². The van der Waals surface area contributed by atoms with E-state index in [0.29, 0.717) is 22.3 Å². The number of allylic oxidation sites excluding steroid dienone is 14. The molecule has 4 N–H and O–H groups in total. The molecule has 0 atom stereocenters. The number of benzene rings is 2. The SMILES string of the molecule is N=C1C=CC2=CC(=S(=O)(O)O)C=CC2=C1N=Nc1ccc([N+](=O)[O-])cc1[O-].N=C1C=CC2=CC(=S(=O)([O-])[O-])C=CC2=C1N=Nc1ccc([N+](=O)[O-])cc1[O-].[Co+3].[Na+].[Na+].[Na+]. The summed E-state index contributed by atoms with van der Waals surface area (Å²) in [5, 5.41) is 76.3. The standard InChI is InChI=1S/2C16H12N4O6S.Co.3Na/c2*17-13-5-1-9-7-11(27(24,25)26)3-4-12(9)16(13)19-18-14-6-2-10(20(22)23)8-15(14)21;;;;/h2*1-8,17,21H,(H2,24,25,26);;;;/q;;+3;3*+1/p-4. The molecule has 0 saturated carbocycles. The molecule has 0 spiro atoms. The minimum atomic E-state index is -4.64. The van der Waals surface area contributed by atoms with Crippen molar-refractivity contribution in [2.75, 3.05) is 0 Å². The minimum absolute atomic E-state index is 0. The van der Waals surface area contributed by atoms with Gasteiger partial charge >= 0.3 is 105 Å². The van der Waals surface area contributed by atoms with Crippen molar-refractivity contribution in [3.05, 3.63) is 151 Å². The molecule has 4 aliphatic carbocycles. The van der Waals surface area contributed by atoms with Crippen molar-refractivity contribution >= 4 is 64.1 Å². The Morgan fingerprint density at radius 3 is 1.31 bits per heavy atom. The van der Waals surface area contributed by atoms with E-state index >= 15 is 0 Å². The molecule has 4 aliphatic rings. The van der Waals surface area contributed by atoms with Gasteiger partial charge in [-0.05, 0) is 59.7 Å². The quantitative estimate of drug-likeness (QED) is 0.0699. The van der Waals surface area contributed by atoms with Crippen LogP contribution in [-0.4, -0.2) is 57.6 Å². The van der Waals surface area contributed by atoms with Gasteiger partial charge in [0.1, 0.15) is 11.4 Å². The van der Waals surface area contributed by atoms with Gasteiger partial charge in [-0.2, -0.15) is 20.3 Å². The second-order valence-electron chi connectivity index (χ2n) is 10.9. The molecule has 20 nitrogen and oxygen atoms in total. The fourth-order valence-electron chi connectivity index (χ4n) is 4.73. The Hall–Kier alpha value is -3.31. The van der Waals surface area contributed by atoms with Gasteiger partial charge < -0.3 is 19.3 Å². The van der Waals surface area contributed by atoms with E-state index in [1.165, 1.54) is 48.6 Å². The smallest absolute Gasteiger partial charge is 0.871 e. The second kappa shape index (κ2) is 21.8. The number of fused-ring (bicyclic) bond motifs is 2. The van der Waals surface area contributed by atoms with E-state index < -0.39 is 46.4 Å². The van der Waals surface area contributed by atoms with Crippen molar-refractivity contribution in [3.8, 4) is 11.5 Å². The molecule has 282 valence electrons. The van der Waals surface area contributed by atoms with Crippen LogP contribution in [0, 0.1) is 31.0 Å². The Labute approximate surface area is 405 Å². The number of nitrogens with zero attached hydrogens (tertiary/aromatic N) is 6. The van der Waals surface area contributed by atoms with Crippen molar-refractivity contribution < 1.29 is 152 Å². The number of hydrogen-bond acceptors (Lipinski definition) is 16. The first-order chi connectivity index (χ1) is 25.3. The number of nitro groups is 2. The minimum Gasteiger partial charge on any atom is -0.871 e. The summed E-state index contributed by atoms with van der Waals surface area (Å²) < 4.78 is 63.2. The molecule has 0 bridgehead atoms. The molecule has 2 aromatic rings. The zero-order valence-electron chi connectivity index (χ0n) is 30.0. The number of azo groups is 2. The van der Waals surface area contributed by atoms with Gasteiger partial charge in [-0.15, -0.1) is 10.2 Å². The maximum Gasteiger partial charge on any atom is 3.00 e. The molecule has 0 radical (unpaired) electrons. The van der Waals surface area contributed by atoms with Gasteiger partial charge in [0.05, 0.1) is 37.5 Å². The number of hydrogen-bond donors (Lipinski definition) is 4. The van der Waals surface area contributed by atoms with Crippen LogP contribution in [-0.2, 0) is 36.9 Å². The predicted octanol–water partition coefficient (Wildman–Crippen LogP) is -4.69. The van der Waals surface area contributed by atoms with E-state index in [9.17, 15) is 57.1 Å². The summed E-state index contributed by atoms with van der Waals surface area (Å²) in [4.78, 5) is 19.3. The van der Waals surface area contributed by atoms with E-state index in [1.807, 2.05) is 0 Å². The second-order valence-corrected chi connectivity index (χ2v) is 13.7. The van der Waals surface area contributed by atoms with Gasteiger partial charge in [0.15, 0.2) is 0 Å². The van der Waals surface area contributed by atoms with Gasteiger partial charge in [0.2, 0.25) is 10.1 Å². The summed E-state index contributed by atoms with van der Waals surface area (Å²) in [6.45, 7) is 0. The zero-order chi connectivity index (χ0) is 39.5. The van der Waals surface area contributed by atoms with Gasteiger partial charge in [0.25, 0.3) is 11.4 Å². The molecular weight excluding hydrogens is 880 g/mol. The summed E-state index contributed by atoms with van der Waals surface area (Å²) in [6.07, 6.45) is 13.1. The molecule has 0 aliphatic heterocycles. The van der Waals surface area contributed by atoms with Crippen molar-refractivity contribution in [2.24, 2.45) is 20.5 Å². The molecule has 0 amide bonds. The first kappa shape index (κ1) is 52.7. The van der Waals surface area contributed by atoms with Gasteiger partial charge in [-0.25, -0.2) is 4.21 Å². The normalized spacial score (nSPS) is 15.6. The molecular formula is C32H20CoN8Na3O12S2+2. The van der Waals surface area contributed by atoms with E-state index in [-0.39, 0.29) is 156 Å². The third-order valence-electron chi connectivity index (χ3n) is 7.35. The Morgan fingerprint density at radius 1 is 0.586 bits per heavy atom. The number of nitrogens with one attached hydrogen (secondary N) is 2. The third kappa shape index (κ3) is 12.8. The number of rotatable bonds is 6. The van der Waals surface area contributed by atoms with Gasteiger partial charge in [-0.3, -0.25) is 44.4 Å². The monoisotopic (exact) mass is 900 g/mol. The third-order valence-corrected chi connectivity index (χ3v) is 9.04. The van der Waals surface area contributed by atoms with Crippen LogP contribution in [0.3, 0.4) is 0 Å². The number of non-ortho nitro benzene ring substituents is 2. The van der Waals surface area contributed by atoms with E-state index in [0.717, 1.165) is 48.6 Å². The summed E-state index contributed by atoms with van der Waals surface area (Å²) in [6, 6.07) is 6.15. The molecule has 58 heavy (non-hydrogen) atoms. The number of nitro benzene ring substituents is 2. The Bertz CT molecular complexity index is 2490. The van der Waals surface area contributed by atoms with Crippen LogP contribution in [0.4, 0.5) is 22.7 Å². The summed E-state index contributed by atoms with van der Waals surface area (Å²) in [5.41, 5.74) is 0.604. The Kier molecular flexibility index (Phi) is 19.8. The van der Waals surface area contributed by atoms with Crippen molar-refractivity contribution in [1.82, 2.24) is 0 Å². The van der Waals surface area contributed by atoms with Crippen LogP contribution in [0.5, 0.6) is 11.5 Å². The fourth-order valence-corrected chi connectivity index (χ4v) is 5.76. The molecule has 2 aromatic carbocycles. The summed E-state index contributed by atoms with van der Waals surface area (Å²) in [7, 11) is -8.77. The summed E-state index contributed by atoms with van der Waals surface area (Å²) >= 11 is 0. The molecule has 26 heteroatoms. The molecule has 0 aromatic heterocycles. The molecule has 6 rings (SSSR count). The fraction of sp³-hybridized carbons (Fsp3) is 0. The van der Waals surface area contributed by atoms with Crippen molar-refractivity contribution in [2.45, 2.75) is 0 Å². The van der Waals surface area contributed by atoms with Gasteiger partial charge in [-0.1, -0.05) is 35.8 Å². The first-order valence-electron chi connectivity index (χ1n) is 14.6. The average molecular weight is 901 g/mol. The van der Waals surface area contributed by atoms with Crippen LogP contribution in [0.2, 0.25) is 0 Å². The van der Waals surface area contributed by atoms with E-state index in [1.54, 1.807) is 0 Å². The largest absolute Gasteiger partial charge is 3.00 e. The van der Waals surface area contributed by atoms with E-state index in [4.69, 9.17) is 10.8 Å². The van der Waals surface area contributed by atoms with Crippen LogP contribution in [0.1, 0.15) is 0 Å². The molecule has 0 fully saturated rings. The molecule has 0 unspecified atom stereocenters. The maximum absolute atomic E-state index is 11.9. The average Bonchev–Trinajstić information content (AvgIpc) is 3.10. The van der Waals surface area contributed by atoms with Crippen molar-refractivity contribution in [3.63, 3.8) is 0 Å². The van der Waals surface area contributed by atoms with Crippen LogP contribution in [0.25, 0.3) is 0 Å². The molecule has 0 heterocycles. The molecule has 0 saturated heterocycles. The first-order valence-corrected chi connectivity index (χ1v) is 17.5. The maximum atomic E-state index is 11.9.